The zero-order valence-electron chi connectivity index (χ0n) is 10.5. The summed E-state index contributed by atoms with van der Waals surface area (Å²) in [6, 6.07) is 6.97. The normalized spacial score (nSPS) is 19.9. The lowest BCUT2D eigenvalue weighted by Crippen LogP contribution is -2.57. The number of nitrogens with zero attached hydrogens (tertiary/aromatic N) is 1. The molecule has 1 aliphatic rings. The summed E-state index contributed by atoms with van der Waals surface area (Å²) < 4.78 is 5.11. The van der Waals surface area contributed by atoms with Crippen LogP contribution in [0.1, 0.15) is 12.5 Å². The third kappa shape index (κ3) is 2.36. The van der Waals surface area contributed by atoms with Gasteiger partial charge in [0.1, 0.15) is 12.6 Å². The summed E-state index contributed by atoms with van der Waals surface area (Å²) in [7, 11) is 1.60. The molecule has 1 N–H and O–H groups in total. The molecule has 1 aliphatic heterocycles. The molecule has 0 bridgehead atoms. The Kier molecular flexibility index (Phi) is 3.62. The van der Waals surface area contributed by atoms with Gasteiger partial charge in [-0.2, -0.15) is 0 Å². The Morgan fingerprint density at radius 2 is 2.11 bits per heavy atom. The maximum Gasteiger partial charge on any atom is 0.249 e. The van der Waals surface area contributed by atoms with Gasteiger partial charge in [-0.3, -0.25) is 9.59 Å². The molecule has 5 nitrogen and oxygen atoms in total. The molecule has 0 radical (unpaired) electrons. The zero-order valence-corrected chi connectivity index (χ0v) is 10.5. The van der Waals surface area contributed by atoms with E-state index in [4.69, 9.17) is 4.74 Å². The van der Waals surface area contributed by atoms with Crippen molar-refractivity contribution in [3.05, 3.63) is 29.8 Å². The fourth-order valence-corrected chi connectivity index (χ4v) is 2.06. The zero-order chi connectivity index (χ0) is 13.1. The van der Waals surface area contributed by atoms with Gasteiger partial charge < -0.3 is 15.0 Å². The standard InChI is InChI=1S/C13H16N2O3/c1-9-13(17)15(7-12(16)14-9)11-6-4-3-5-10(11)8-18-2/h3-6,9H,7-8H2,1-2H3,(H,14,16). The number of methoxy groups -OCH3 is 1. The Morgan fingerprint density at radius 3 is 2.83 bits per heavy atom. The number of anilines is 1. The molecule has 2 rings (SSSR count). The Hall–Kier alpha value is -1.88. The summed E-state index contributed by atoms with van der Waals surface area (Å²) in [4.78, 5) is 25.1. The Bertz CT molecular complexity index is 473. The minimum Gasteiger partial charge on any atom is -0.380 e. The maximum atomic E-state index is 12.1. The molecule has 18 heavy (non-hydrogen) atoms. The van der Waals surface area contributed by atoms with Crippen LogP contribution in [0.3, 0.4) is 0 Å². The van der Waals surface area contributed by atoms with Crippen LogP contribution in [0.4, 0.5) is 5.69 Å². The fraction of sp³-hybridized carbons (Fsp3) is 0.385. The molecule has 1 unspecified atom stereocenters. The van der Waals surface area contributed by atoms with Crippen LogP contribution in [-0.2, 0) is 20.9 Å². The van der Waals surface area contributed by atoms with Crippen molar-refractivity contribution in [2.75, 3.05) is 18.6 Å². The molecular formula is C13H16N2O3. The summed E-state index contributed by atoms with van der Waals surface area (Å²) in [6.07, 6.45) is 0. The van der Waals surface area contributed by atoms with Crippen LogP contribution in [0, 0.1) is 0 Å². The van der Waals surface area contributed by atoms with Crippen molar-refractivity contribution in [2.24, 2.45) is 0 Å². The molecule has 1 aromatic carbocycles. The van der Waals surface area contributed by atoms with E-state index in [0.29, 0.717) is 6.61 Å². The van der Waals surface area contributed by atoms with E-state index in [1.54, 1.807) is 14.0 Å². The van der Waals surface area contributed by atoms with E-state index in [-0.39, 0.29) is 18.4 Å². The Labute approximate surface area is 106 Å². The molecule has 1 aromatic rings. The number of amides is 2. The van der Waals surface area contributed by atoms with Crippen molar-refractivity contribution in [1.82, 2.24) is 5.32 Å². The number of rotatable bonds is 3. The molecule has 1 saturated heterocycles. The molecule has 0 saturated carbocycles. The van der Waals surface area contributed by atoms with E-state index >= 15 is 0 Å². The average Bonchev–Trinajstić information content (AvgIpc) is 2.35. The number of benzene rings is 1. The second-order valence-corrected chi connectivity index (χ2v) is 4.28. The third-order valence-corrected chi connectivity index (χ3v) is 2.90. The summed E-state index contributed by atoms with van der Waals surface area (Å²) in [6.45, 7) is 2.16. The number of hydrogen-bond donors (Lipinski definition) is 1. The Balaban J connectivity index is 2.34. The lowest BCUT2D eigenvalue weighted by molar-refractivity contribution is -0.130. The van der Waals surface area contributed by atoms with Crippen molar-refractivity contribution < 1.29 is 14.3 Å². The van der Waals surface area contributed by atoms with Gasteiger partial charge in [0.15, 0.2) is 0 Å². The first-order valence-corrected chi connectivity index (χ1v) is 5.81. The molecule has 0 aliphatic carbocycles. The quantitative estimate of drug-likeness (QED) is 0.856. The van der Waals surface area contributed by atoms with Crippen molar-refractivity contribution in [3.8, 4) is 0 Å². The first kappa shape index (κ1) is 12.6. The molecular weight excluding hydrogens is 232 g/mol. The van der Waals surface area contributed by atoms with Gasteiger partial charge in [0.25, 0.3) is 0 Å². The van der Waals surface area contributed by atoms with Crippen LogP contribution in [0.25, 0.3) is 0 Å². The fourth-order valence-electron chi connectivity index (χ4n) is 2.06. The highest BCUT2D eigenvalue weighted by Gasteiger charge is 2.31. The molecule has 96 valence electrons. The van der Waals surface area contributed by atoms with Crippen molar-refractivity contribution in [2.45, 2.75) is 19.6 Å². The lowest BCUT2D eigenvalue weighted by Gasteiger charge is -2.32. The van der Waals surface area contributed by atoms with Crippen LogP contribution >= 0.6 is 0 Å². The Morgan fingerprint density at radius 1 is 1.39 bits per heavy atom. The number of hydrogen-bond acceptors (Lipinski definition) is 3. The SMILES string of the molecule is COCc1ccccc1N1CC(=O)NC(C)C1=O. The number of nitrogens with one attached hydrogen (secondary N) is 1. The summed E-state index contributed by atoms with van der Waals surface area (Å²) in [5.74, 6) is -0.243. The molecule has 1 fully saturated rings. The lowest BCUT2D eigenvalue weighted by atomic mass is 10.1. The molecule has 2 amide bonds. The minimum absolute atomic E-state index is 0.0594. The smallest absolute Gasteiger partial charge is 0.249 e. The van der Waals surface area contributed by atoms with Crippen molar-refractivity contribution in [1.29, 1.82) is 0 Å². The van der Waals surface area contributed by atoms with Crippen molar-refractivity contribution >= 4 is 17.5 Å². The molecule has 0 spiro atoms. The average molecular weight is 248 g/mol. The van der Waals surface area contributed by atoms with Gasteiger partial charge in [-0.05, 0) is 13.0 Å². The van der Waals surface area contributed by atoms with E-state index in [0.717, 1.165) is 11.3 Å². The van der Waals surface area contributed by atoms with Gasteiger partial charge in [-0.25, -0.2) is 0 Å². The van der Waals surface area contributed by atoms with E-state index in [9.17, 15) is 9.59 Å². The van der Waals surface area contributed by atoms with Gasteiger partial charge in [0, 0.05) is 18.4 Å². The van der Waals surface area contributed by atoms with Gasteiger partial charge in [0.2, 0.25) is 11.8 Å². The summed E-state index contributed by atoms with van der Waals surface area (Å²) in [5, 5.41) is 2.62. The van der Waals surface area contributed by atoms with Crippen LogP contribution in [0.5, 0.6) is 0 Å². The summed E-state index contributed by atoms with van der Waals surface area (Å²) in [5.41, 5.74) is 1.64. The second kappa shape index (κ2) is 5.18. The molecule has 1 atom stereocenters. The number of para-hydroxylation sites is 1. The molecule has 5 heteroatoms. The maximum absolute atomic E-state index is 12.1. The number of carbonyl (C=O) groups excluding carboxylic acids is 2. The van der Waals surface area contributed by atoms with Crippen LogP contribution in [0.15, 0.2) is 24.3 Å². The van der Waals surface area contributed by atoms with Gasteiger partial charge >= 0.3 is 0 Å². The van der Waals surface area contributed by atoms with E-state index < -0.39 is 6.04 Å². The van der Waals surface area contributed by atoms with E-state index in [1.165, 1.54) is 4.90 Å². The predicted molar refractivity (Wildman–Crippen MR) is 67.1 cm³/mol. The van der Waals surface area contributed by atoms with Crippen LogP contribution < -0.4 is 10.2 Å². The first-order valence-electron chi connectivity index (χ1n) is 5.81. The monoisotopic (exact) mass is 248 g/mol. The number of carbonyl (C=O) groups is 2. The number of ether oxygens (including phenoxy) is 1. The first-order chi connectivity index (χ1) is 8.63. The second-order valence-electron chi connectivity index (χ2n) is 4.28. The topological polar surface area (TPSA) is 58.6 Å². The van der Waals surface area contributed by atoms with E-state index in [1.807, 2.05) is 24.3 Å². The number of piperazine rings is 1. The molecule has 0 aromatic heterocycles. The van der Waals surface area contributed by atoms with Gasteiger partial charge in [-0.1, -0.05) is 18.2 Å². The highest BCUT2D eigenvalue weighted by molar-refractivity contribution is 6.06. The van der Waals surface area contributed by atoms with Crippen molar-refractivity contribution in [3.63, 3.8) is 0 Å². The van der Waals surface area contributed by atoms with Crippen LogP contribution in [0.2, 0.25) is 0 Å². The van der Waals surface area contributed by atoms with E-state index in [2.05, 4.69) is 5.32 Å². The third-order valence-electron chi connectivity index (χ3n) is 2.90. The van der Waals surface area contributed by atoms with Gasteiger partial charge in [-0.15, -0.1) is 0 Å². The predicted octanol–water partition coefficient (Wildman–Crippen LogP) is 0.684. The van der Waals surface area contributed by atoms with Gasteiger partial charge in [0.05, 0.1) is 6.61 Å². The van der Waals surface area contributed by atoms with Crippen LogP contribution in [-0.4, -0.2) is 31.5 Å². The summed E-state index contributed by atoms with van der Waals surface area (Å²) >= 11 is 0. The largest absolute Gasteiger partial charge is 0.380 e. The highest BCUT2D eigenvalue weighted by Crippen LogP contribution is 2.23. The minimum atomic E-state index is -0.484. The molecule has 1 heterocycles. The highest BCUT2D eigenvalue weighted by atomic mass is 16.5.